The van der Waals surface area contributed by atoms with E-state index in [0.29, 0.717) is 19.5 Å². The highest BCUT2D eigenvalue weighted by atomic mass is 19.1. The molecule has 1 unspecified atom stereocenters. The minimum Gasteiger partial charge on any atom is -0.490 e. The molecule has 14 heteroatoms. The quantitative estimate of drug-likeness (QED) is 0.376. The van der Waals surface area contributed by atoms with Crippen LogP contribution in [0.3, 0.4) is 0 Å². The average molecular weight is 598 g/mol. The van der Waals surface area contributed by atoms with E-state index in [1.165, 1.54) is 30.2 Å². The van der Waals surface area contributed by atoms with Gasteiger partial charge in [0.05, 0.1) is 24.2 Å². The number of anilines is 2. The molecule has 0 bridgehead atoms. The third-order valence-electron chi connectivity index (χ3n) is 8.10. The fraction of sp³-hybridized carbons (Fsp3) is 0.414. The van der Waals surface area contributed by atoms with Gasteiger partial charge in [-0.05, 0) is 44.4 Å². The van der Waals surface area contributed by atoms with Gasteiger partial charge in [-0.3, -0.25) is 14.5 Å². The second-order valence-electron chi connectivity index (χ2n) is 11.2. The van der Waals surface area contributed by atoms with E-state index in [1.54, 1.807) is 9.47 Å². The average Bonchev–Trinajstić information content (AvgIpc) is 3.57. The summed E-state index contributed by atoms with van der Waals surface area (Å²) in [4.78, 5) is 55.5. The summed E-state index contributed by atoms with van der Waals surface area (Å²) in [5, 5.41) is 9.36. The third kappa shape index (κ3) is 5.38. The molecule has 1 saturated carbocycles. The van der Waals surface area contributed by atoms with Gasteiger partial charge in [0.15, 0.2) is 23.2 Å². The molecule has 0 spiro atoms. The molecule has 1 aliphatic carbocycles. The number of fused-ring (bicyclic) bond motifs is 1. The first-order valence-corrected chi connectivity index (χ1v) is 13.9. The molecule has 226 valence electrons. The molecule has 0 radical (unpaired) electrons. The van der Waals surface area contributed by atoms with Crippen LogP contribution in [0.15, 0.2) is 35.3 Å². The summed E-state index contributed by atoms with van der Waals surface area (Å²) in [5.41, 5.74) is 5.07. The van der Waals surface area contributed by atoms with Crippen LogP contribution in [0, 0.1) is 17.6 Å². The summed E-state index contributed by atoms with van der Waals surface area (Å²) in [5.74, 6) is -3.18. The summed E-state index contributed by atoms with van der Waals surface area (Å²) in [6.07, 6.45) is 1.95. The number of amides is 1. The standard InChI is InChI=1S/C29H29F2N5O7/c1-14(37)24(32)23-12-36(29(41)43-23)17-4-5-22(20(30)8-17)42-13-15-6-7-34(10-15)27-21(31)9-18-25(38)19(28(39)40)11-35(16-2-3-16)26(18)33-27/h4-5,8-9,11,15-16,23-24H,2-3,6-7,10,12-13,32H2,1H3,(H,39,40)/t15?,23-,24-/m1/s1. The number of benzene rings is 1. The van der Waals surface area contributed by atoms with Crippen LogP contribution in [0.1, 0.15) is 42.6 Å². The van der Waals surface area contributed by atoms with Crippen LogP contribution in [0.2, 0.25) is 0 Å². The molecule has 2 aliphatic heterocycles. The van der Waals surface area contributed by atoms with Gasteiger partial charge < -0.3 is 29.8 Å². The summed E-state index contributed by atoms with van der Waals surface area (Å²) in [6.45, 7) is 2.27. The van der Waals surface area contributed by atoms with E-state index in [1.807, 2.05) is 0 Å². The number of cyclic esters (lactones) is 1. The number of pyridine rings is 2. The number of ketones is 1. The Labute approximate surface area is 243 Å². The molecule has 3 aromatic rings. The smallest absolute Gasteiger partial charge is 0.414 e. The van der Waals surface area contributed by atoms with Crippen LogP contribution in [0.5, 0.6) is 5.75 Å². The van der Waals surface area contributed by atoms with Crippen molar-refractivity contribution in [2.24, 2.45) is 11.7 Å². The lowest BCUT2D eigenvalue weighted by Gasteiger charge is -2.20. The van der Waals surface area contributed by atoms with E-state index in [9.17, 15) is 28.7 Å². The van der Waals surface area contributed by atoms with Crippen LogP contribution >= 0.6 is 0 Å². The Balaban J connectivity index is 1.13. The van der Waals surface area contributed by atoms with Gasteiger partial charge in [-0.1, -0.05) is 0 Å². The largest absolute Gasteiger partial charge is 0.490 e. The minimum atomic E-state index is -1.37. The van der Waals surface area contributed by atoms with Gasteiger partial charge in [-0.25, -0.2) is 23.4 Å². The van der Waals surface area contributed by atoms with Crippen molar-refractivity contribution in [1.82, 2.24) is 9.55 Å². The first-order chi connectivity index (χ1) is 20.5. The van der Waals surface area contributed by atoms with Crippen LogP contribution < -0.4 is 25.7 Å². The van der Waals surface area contributed by atoms with E-state index in [4.69, 9.17) is 15.2 Å². The Morgan fingerprint density at radius 3 is 2.60 bits per heavy atom. The van der Waals surface area contributed by atoms with Crippen molar-refractivity contribution in [3.63, 3.8) is 0 Å². The number of carboxylic acids is 1. The first kappa shape index (κ1) is 28.5. The SMILES string of the molecule is CC(=O)[C@@H](N)[C@H]1CN(c2ccc(OCC3CCN(c4nc5c(cc4F)c(=O)c(C(=O)O)cn5C4CC4)C3)c(F)c2)C(=O)O1. The Hall–Kier alpha value is -4.59. The summed E-state index contributed by atoms with van der Waals surface area (Å²) in [7, 11) is 0. The molecule has 6 rings (SSSR count). The van der Waals surface area contributed by atoms with Crippen molar-refractivity contribution < 1.29 is 37.7 Å². The van der Waals surface area contributed by atoms with E-state index in [2.05, 4.69) is 4.98 Å². The Morgan fingerprint density at radius 1 is 1.16 bits per heavy atom. The summed E-state index contributed by atoms with van der Waals surface area (Å²) in [6, 6.07) is 4.13. The summed E-state index contributed by atoms with van der Waals surface area (Å²) >= 11 is 0. The Bertz CT molecular complexity index is 1710. The number of hydrogen-bond donors (Lipinski definition) is 2. The fourth-order valence-electron chi connectivity index (χ4n) is 5.53. The zero-order chi connectivity index (χ0) is 30.6. The Morgan fingerprint density at radius 2 is 1.93 bits per heavy atom. The lowest BCUT2D eigenvalue weighted by molar-refractivity contribution is -0.120. The number of Topliss-reactive ketones (excluding diaryl/α,β-unsaturated/α-hetero) is 1. The van der Waals surface area contributed by atoms with E-state index in [-0.39, 0.29) is 59.2 Å². The molecule has 3 fully saturated rings. The third-order valence-corrected chi connectivity index (χ3v) is 8.10. The molecule has 3 N–H and O–H groups in total. The van der Waals surface area contributed by atoms with E-state index < -0.39 is 46.8 Å². The molecule has 12 nitrogen and oxygen atoms in total. The minimum absolute atomic E-state index is 0.00341. The first-order valence-electron chi connectivity index (χ1n) is 13.9. The number of nitrogens with zero attached hydrogens (tertiary/aromatic N) is 4. The molecule has 43 heavy (non-hydrogen) atoms. The number of aromatic carboxylic acids is 1. The maximum Gasteiger partial charge on any atom is 0.414 e. The number of aromatic nitrogens is 2. The van der Waals surface area contributed by atoms with Gasteiger partial charge in [0.1, 0.15) is 29.1 Å². The van der Waals surface area contributed by atoms with Crippen LogP contribution in [0.4, 0.5) is 25.1 Å². The van der Waals surface area contributed by atoms with Gasteiger partial charge in [-0.2, -0.15) is 0 Å². The normalized spacial score (nSPS) is 20.9. The van der Waals surface area contributed by atoms with Gasteiger partial charge in [0.2, 0.25) is 5.43 Å². The van der Waals surface area contributed by atoms with Crippen molar-refractivity contribution in [3.05, 3.63) is 57.9 Å². The predicted octanol–water partition coefficient (Wildman–Crippen LogP) is 2.85. The zero-order valence-electron chi connectivity index (χ0n) is 23.2. The van der Waals surface area contributed by atoms with Crippen molar-refractivity contribution in [2.75, 3.05) is 36.0 Å². The Kier molecular flexibility index (Phi) is 7.24. The highest BCUT2D eigenvalue weighted by Crippen LogP contribution is 2.37. The number of rotatable bonds is 9. The van der Waals surface area contributed by atoms with E-state index >= 15 is 4.39 Å². The number of carbonyl (C=O) groups excluding carboxylic acids is 2. The number of nitrogens with two attached hydrogens (primary N) is 1. The molecule has 1 amide bonds. The number of carboxylic acid groups (broad SMARTS) is 1. The maximum atomic E-state index is 15.2. The predicted molar refractivity (Wildman–Crippen MR) is 150 cm³/mol. The molecule has 1 aromatic carbocycles. The van der Waals surface area contributed by atoms with Gasteiger partial charge in [0, 0.05) is 37.3 Å². The van der Waals surface area contributed by atoms with E-state index in [0.717, 1.165) is 25.0 Å². The van der Waals surface area contributed by atoms with Crippen molar-refractivity contribution in [2.45, 2.75) is 44.4 Å². The molecular weight excluding hydrogens is 568 g/mol. The fourth-order valence-corrected chi connectivity index (χ4v) is 5.53. The zero-order valence-corrected chi connectivity index (χ0v) is 23.2. The number of carbonyl (C=O) groups is 3. The van der Waals surface area contributed by atoms with Crippen molar-refractivity contribution in [1.29, 1.82) is 0 Å². The van der Waals surface area contributed by atoms with Crippen LogP contribution in [0.25, 0.3) is 11.0 Å². The molecular formula is C29H29F2N5O7. The topological polar surface area (TPSA) is 157 Å². The monoisotopic (exact) mass is 597 g/mol. The molecule has 2 aromatic heterocycles. The van der Waals surface area contributed by atoms with Gasteiger partial charge in [-0.15, -0.1) is 0 Å². The second kappa shape index (κ2) is 10.9. The maximum absolute atomic E-state index is 15.2. The highest BCUT2D eigenvalue weighted by Gasteiger charge is 2.38. The van der Waals surface area contributed by atoms with Gasteiger partial charge in [0.25, 0.3) is 0 Å². The van der Waals surface area contributed by atoms with Crippen molar-refractivity contribution in [3.8, 4) is 5.75 Å². The molecule has 2 saturated heterocycles. The van der Waals surface area contributed by atoms with Crippen LogP contribution in [-0.4, -0.2) is 70.9 Å². The molecule has 3 atom stereocenters. The lowest BCUT2D eigenvalue weighted by atomic mass is 10.1. The number of ether oxygens (including phenoxy) is 2. The highest BCUT2D eigenvalue weighted by molar-refractivity contribution is 5.92. The van der Waals surface area contributed by atoms with Crippen LogP contribution in [-0.2, 0) is 9.53 Å². The second-order valence-corrected chi connectivity index (χ2v) is 11.2. The molecule has 4 heterocycles. The number of halogens is 2. The summed E-state index contributed by atoms with van der Waals surface area (Å²) < 4.78 is 42.7. The van der Waals surface area contributed by atoms with Crippen molar-refractivity contribution >= 4 is 40.4 Å². The van der Waals surface area contributed by atoms with Gasteiger partial charge >= 0.3 is 12.1 Å². The number of hydrogen-bond acceptors (Lipinski definition) is 9. The molecule has 3 aliphatic rings. The lowest BCUT2D eigenvalue weighted by Crippen LogP contribution is -2.43.